The second-order valence-corrected chi connectivity index (χ2v) is 7.25. The molecule has 1 aliphatic rings. The minimum Gasteiger partial charge on any atom is -0.481 e. The van der Waals surface area contributed by atoms with Crippen molar-refractivity contribution >= 4 is 23.1 Å². The summed E-state index contributed by atoms with van der Waals surface area (Å²) in [5.41, 5.74) is 0. The minimum absolute atomic E-state index is 0.0294. The zero-order valence-corrected chi connectivity index (χ0v) is 13.4. The lowest BCUT2D eigenvalue weighted by Gasteiger charge is -2.36. The topological polar surface area (TPSA) is 57.6 Å². The fourth-order valence-corrected chi connectivity index (χ4v) is 4.07. The van der Waals surface area contributed by atoms with Gasteiger partial charge in [0.1, 0.15) is 0 Å². The van der Waals surface area contributed by atoms with E-state index in [9.17, 15) is 9.59 Å². The smallest absolute Gasteiger partial charge is 0.304 e. The Bertz CT molecular complexity index is 476. The van der Waals surface area contributed by atoms with Gasteiger partial charge in [0.2, 0.25) is 0 Å². The first kappa shape index (κ1) is 16.2. The van der Waals surface area contributed by atoms with Gasteiger partial charge < -0.3 is 10.0 Å². The summed E-state index contributed by atoms with van der Waals surface area (Å²) in [5.74, 6) is -0.160. The van der Waals surface area contributed by atoms with Gasteiger partial charge >= 0.3 is 5.97 Å². The third-order valence-electron chi connectivity index (χ3n) is 3.98. The summed E-state index contributed by atoms with van der Waals surface area (Å²) in [5, 5.41) is 11.0. The number of piperidine rings is 1. The highest BCUT2D eigenvalue weighted by Gasteiger charge is 2.29. The number of carbonyl (C=O) groups is 2. The zero-order chi connectivity index (χ0) is 15.4. The van der Waals surface area contributed by atoms with Crippen LogP contribution in [0.1, 0.15) is 36.4 Å². The standard InChI is InChI=1S/C16H23NO3S/c1-11-6-12(2)9-17(8-11)10-13(7-15(18)19)16(20)14-4-3-5-21-14/h3-5,11-13H,6-10H2,1-2H3,(H,18,19). The minimum atomic E-state index is -0.900. The Labute approximate surface area is 129 Å². The van der Waals surface area contributed by atoms with E-state index in [0.29, 0.717) is 23.3 Å². The molecule has 5 heteroatoms. The Hall–Kier alpha value is -1.20. The summed E-state index contributed by atoms with van der Waals surface area (Å²) in [4.78, 5) is 26.5. The van der Waals surface area contributed by atoms with E-state index in [1.165, 1.54) is 17.8 Å². The van der Waals surface area contributed by atoms with Crippen molar-refractivity contribution in [2.45, 2.75) is 26.7 Å². The summed E-state index contributed by atoms with van der Waals surface area (Å²) in [6, 6.07) is 3.62. The van der Waals surface area contributed by atoms with Gasteiger partial charge in [-0.2, -0.15) is 0 Å². The van der Waals surface area contributed by atoms with Crippen molar-refractivity contribution in [3.63, 3.8) is 0 Å². The number of thiophene rings is 1. The molecular weight excluding hydrogens is 286 g/mol. The average Bonchev–Trinajstić information content (AvgIpc) is 2.89. The summed E-state index contributed by atoms with van der Waals surface area (Å²) in [7, 11) is 0. The van der Waals surface area contributed by atoms with Crippen molar-refractivity contribution in [3.05, 3.63) is 22.4 Å². The molecule has 0 saturated carbocycles. The molecule has 21 heavy (non-hydrogen) atoms. The van der Waals surface area contributed by atoms with Crippen LogP contribution in [0.15, 0.2) is 17.5 Å². The van der Waals surface area contributed by atoms with E-state index < -0.39 is 11.9 Å². The van der Waals surface area contributed by atoms with Gasteiger partial charge in [-0.15, -0.1) is 11.3 Å². The number of nitrogens with zero attached hydrogens (tertiary/aromatic N) is 1. The van der Waals surface area contributed by atoms with Crippen LogP contribution in [0.3, 0.4) is 0 Å². The van der Waals surface area contributed by atoms with Gasteiger partial charge in [-0.05, 0) is 29.7 Å². The fraction of sp³-hybridized carbons (Fsp3) is 0.625. The maximum Gasteiger partial charge on any atom is 0.304 e. The third kappa shape index (κ3) is 4.64. The Morgan fingerprint density at radius 2 is 2.05 bits per heavy atom. The fourth-order valence-electron chi connectivity index (χ4n) is 3.32. The van der Waals surface area contributed by atoms with Crippen LogP contribution in [0.2, 0.25) is 0 Å². The van der Waals surface area contributed by atoms with Crippen LogP contribution in [-0.4, -0.2) is 41.4 Å². The van der Waals surface area contributed by atoms with Crippen molar-refractivity contribution in [2.75, 3.05) is 19.6 Å². The molecular formula is C16H23NO3S. The van der Waals surface area contributed by atoms with Crippen LogP contribution < -0.4 is 0 Å². The van der Waals surface area contributed by atoms with Gasteiger partial charge in [0.25, 0.3) is 0 Å². The molecule has 2 heterocycles. The molecule has 1 aromatic heterocycles. The molecule has 1 aromatic rings. The zero-order valence-electron chi connectivity index (χ0n) is 12.6. The van der Waals surface area contributed by atoms with Crippen molar-refractivity contribution < 1.29 is 14.7 Å². The molecule has 0 spiro atoms. The Balaban J connectivity index is 2.05. The van der Waals surface area contributed by atoms with Crippen LogP contribution in [-0.2, 0) is 4.79 Å². The van der Waals surface area contributed by atoms with E-state index in [4.69, 9.17) is 5.11 Å². The molecule has 4 nitrogen and oxygen atoms in total. The van der Waals surface area contributed by atoms with E-state index in [2.05, 4.69) is 18.7 Å². The molecule has 1 saturated heterocycles. The molecule has 3 unspecified atom stereocenters. The van der Waals surface area contributed by atoms with E-state index in [1.54, 1.807) is 6.07 Å². The SMILES string of the molecule is CC1CC(C)CN(CC(CC(=O)O)C(=O)c2cccs2)C1. The molecule has 0 amide bonds. The summed E-state index contributed by atoms with van der Waals surface area (Å²) in [6.07, 6.45) is 1.12. The Kier molecular flexibility index (Phi) is 5.53. The van der Waals surface area contributed by atoms with Gasteiger partial charge in [-0.3, -0.25) is 9.59 Å². The van der Waals surface area contributed by atoms with E-state index in [0.717, 1.165) is 13.1 Å². The molecule has 2 rings (SSSR count). The first-order valence-corrected chi connectivity index (χ1v) is 8.35. The molecule has 0 aromatic carbocycles. The second kappa shape index (κ2) is 7.18. The van der Waals surface area contributed by atoms with Gasteiger partial charge in [0.15, 0.2) is 5.78 Å². The highest BCUT2D eigenvalue weighted by atomic mass is 32.1. The normalized spacial score (nSPS) is 24.7. The summed E-state index contributed by atoms with van der Waals surface area (Å²) < 4.78 is 0. The lowest BCUT2D eigenvalue weighted by atomic mass is 9.90. The second-order valence-electron chi connectivity index (χ2n) is 6.30. The predicted octanol–water partition coefficient (Wildman–Crippen LogP) is 3.00. The Morgan fingerprint density at radius 3 is 2.57 bits per heavy atom. The third-order valence-corrected chi connectivity index (χ3v) is 4.86. The molecule has 1 N–H and O–H groups in total. The maximum absolute atomic E-state index is 12.5. The predicted molar refractivity (Wildman–Crippen MR) is 83.8 cm³/mol. The number of hydrogen-bond donors (Lipinski definition) is 1. The quantitative estimate of drug-likeness (QED) is 0.821. The molecule has 3 atom stereocenters. The first-order chi connectivity index (χ1) is 9.95. The lowest BCUT2D eigenvalue weighted by Crippen LogP contribution is -2.43. The molecule has 0 radical (unpaired) electrons. The number of hydrogen-bond acceptors (Lipinski definition) is 4. The van der Waals surface area contributed by atoms with Crippen LogP contribution in [0.4, 0.5) is 0 Å². The van der Waals surface area contributed by atoms with E-state index in [1.807, 2.05) is 11.4 Å². The van der Waals surface area contributed by atoms with Crippen molar-refractivity contribution in [1.29, 1.82) is 0 Å². The number of carboxylic acid groups (broad SMARTS) is 1. The van der Waals surface area contributed by atoms with Gasteiger partial charge in [-0.1, -0.05) is 19.9 Å². The number of rotatable bonds is 6. The number of likely N-dealkylation sites (tertiary alicyclic amines) is 1. The van der Waals surface area contributed by atoms with Crippen LogP contribution in [0.25, 0.3) is 0 Å². The summed E-state index contributed by atoms with van der Waals surface area (Å²) >= 11 is 1.39. The highest BCUT2D eigenvalue weighted by Crippen LogP contribution is 2.24. The van der Waals surface area contributed by atoms with Gasteiger partial charge in [-0.25, -0.2) is 0 Å². The van der Waals surface area contributed by atoms with Crippen LogP contribution in [0.5, 0.6) is 0 Å². The van der Waals surface area contributed by atoms with Crippen LogP contribution in [0, 0.1) is 17.8 Å². The lowest BCUT2D eigenvalue weighted by molar-refractivity contribution is -0.138. The molecule has 0 aliphatic carbocycles. The number of Topliss-reactive ketones (excluding diaryl/α,β-unsaturated/α-hetero) is 1. The van der Waals surface area contributed by atoms with Crippen molar-refractivity contribution in [3.8, 4) is 0 Å². The van der Waals surface area contributed by atoms with Crippen molar-refractivity contribution in [1.82, 2.24) is 4.90 Å². The maximum atomic E-state index is 12.5. The number of carboxylic acids is 1. The Morgan fingerprint density at radius 1 is 1.38 bits per heavy atom. The monoisotopic (exact) mass is 309 g/mol. The van der Waals surface area contributed by atoms with Gasteiger partial charge in [0.05, 0.1) is 11.3 Å². The molecule has 1 fully saturated rings. The average molecular weight is 309 g/mol. The van der Waals surface area contributed by atoms with E-state index >= 15 is 0 Å². The largest absolute Gasteiger partial charge is 0.481 e. The van der Waals surface area contributed by atoms with E-state index in [-0.39, 0.29) is 12.2 Å². The number of carbonyl (C=O) groups excluding carboxylic acids is 1. The van der Waals surface area contributed by atoms with Crippen molar-refractivity contribution in [2.24, 2.45) is 17.8 Å². The van der Waals surface area contributed by atoms with Crippen LogP contribution >= 0.6 is 11.3 Å². The van der Waals surface area contributed by atoms with Gasteiger partial charge in [0, 0.05) is 25.6 Å². The molecule has 1 aliphatic heterocycles. The number of ketones is 1. The first-order valence-electron chi connectivity index (χ1n) is 7.47. The highest BCUT2D eigenvalue weighted by molar-refractivity contribution is 7.12. The molecule has 116 valence electrons. The molecule has 0 bridgehead atoms. The number of aliphatic carboxylic acids is 1. The summed E-state index contributed by atoms with van der Waals surface area (Å²) in [6.45, 7) is 6.90.